The zero-order valence-electron chi connectivity index (χ0n) is 15.9. The highest BCUT2D eigenvalue weighted by atomic mass is 19.3. The van der Waals surface area contributed by atoms with Crippen LogP contribution in [0.2, 0.25) is 0 Å². The third kappa shape index (κ3) is 5.79. The highest BCUT2D eigenvalue weighted by Crippen LogP contribution is 2.19. The summed E-state index contributed by atoms with van der Waals surface area (Å²) in [4.78, 5) is 27.5. The Morgan fingerprint density at radius 3 is 2.71 bits per heavy atom. The van der Waals surface area contributed by atoms with Crippen molar-refractivity contribution in [2.75, 3.05) is 0 Å². The van der Waals surface area contributed by atoms with Gasteiger partial charge in [0.05, 0.1) is 36.0 Å². The largest absolute Gasteiger partial charge is 0.417 e. The molecule has 1 atom stereocenters. The minimum Gasteiger partial charge on any atom is -0.417 e. The Hall–Kier alpha value is -3.93. The summed E-state index contributed by atoms with van der Waals surface area (Å²) in [5, 5.41) is 13.2. The van der Waals surface area contributed by atoms with Gasteiger partial charge in [-0.25, -0.2) is 20.4 Å². The minimum absolute atomic E-state index is 0.0317. The number of nitrogens with zero attached hydrogens (tertiary/aromatic N) is 5. The van der Waals surface area contributed by atoms with Gasteiger partial charge in [0.1, 0.15) is 5.69 Å². The van der Waals surface area contributed by atoms with Gasteiger partial charge in [0, 0.05) is 24.0 Å². The molecule has 2 N–H and O–H groups in total. The molecule has 1 unspecified atom stereocenters. The Morgan fingerprint density at radius 2 is 2.03 bits per heavy atom. The minimum atomic E-state index is -3.00. The number of alkyl halides is 2. The summed E-state index contributed by atoms with van der Waals surface area (Å²) in [6.45, 7) is -1.50. The van der Waals surface area contributed by atoms with E-state index in [-0.39, 0.29) is 22.8 Å². The van der Waals surface area contributed by atoms with E-state index in [2.05, 4.69) is 35.2 Å². The Kier molecular flexibility index (Phi) is 6.82. The Balaban J connectivity index is 1.71. The van der Waals surface area contributed by atoms with Crippen molar-refractivity contribution < 1.29 is 27.8 Å². The lowest BCUT2D eigenvalue weighted by atomic mass is 10.1. The molecular weight excluding hydrogens is 417 g/mol. The van der Waals surface area contributed by atoms with E-state index < -0.39 is 24.6 Å². The van der Waals surface area contributed by atoms with Crippen LogP contribution in [0.15, 0.2) is 48.1 Å². The summed E-state index contributed by atoms with van der Waals surface area (Å²) in [5.41, 5.74) is 3.11. The molecule has 0 saturated heterocycles. The lowest BCUT2D eigenvalue weighted by molar-refractivity contribution is -0.0528. The summed E-state index contributed by atoms with van der Waals surface area (Å²) < 4.78 is 42.3. The highest BCUT2D eigenvalue weighted by Gasteiger charge is 2.11. The zero-order chi connectivity index (χ0) is 22.4. The molecule has 3 aromatic rings. The number of aromatic nitrogens is 4. The van der Waals surface area contributed by atoms with Gasteiger partial charge in [-0.05, 0) is 24.6 Å². The number of carbonyl (C=O) groups excluding carboxylic acids is 1. The quantitative estimate of drug-likeness (QED) is 0.334. The molecule has 0 aliphatic heterocycles. The highest BCUT2D eigenvalue weighted by molar-refractivity contribution is 5.93. The lowest BCUT2D eigenvalue weighted by Crippen LogP contribution is -2.19. The van der Waals surface area contributed by atoms with Crippen molar-refractivity contribution in [3.8, 4) is 17.1 Å². The Morgan fingerprint density at radius 1 is 1.23 bits per heavy atom. The fourth-order valence-electron chi connectivity index (χ4n) is 2.33. The van der Waals surface area contributed by atoms with Crippen molar-refractivity contribution in [1.82, 2.24) is 25.4 Å². The smallest absolute Gasteiger partial charge is 0.388 e. The molecule has 3 heterocycles. The molecule has 3 aromatic heterocycles. The first-order valence-electron chi connectivity index (χ1n) is 8.73. The molecule has 0 radical (unpaired) electrons. The van der Waals surface area contributed by atoms with Crippen molar-refractivity contribution in [2.45, 2.75) is 19.6 Å². The van der Waals surface area contributed by atoms with Crippen LogP contribution >= 0.6 is 0 Å². The molecule has 0 saturated carbocycles. The number of amides is 1. The van der Waals surface area contributed by atoms with Crippen molar-refractivity contribution >= 4 is 12.1 Å². The second-order valence-electron chi connectivity index (χ2n) is 6.08. The van der Waals surface area contributed by atoms with Gasteiger partial charge in [0.2, 0.25) is 11.8 Å². The van der Waals surface area contributed by atoms with E-state index in [1.54, 1.807) is 0 Å². The predicted molar refractivity (Wildman–Crippen MR) is 102 cm³/mol. The van der Waals surface area contributed by atoms with Crippen molar-refractivity contribution in [3.05, 3.63) is 65.8 Å². The van der Waals surface area contributed by atoms with Crippen LogP contribution < -0.4 is 10.2 Å². The van der Waals surface area contributed by atoms with Crippen LogP contribution in [0.1, 0.15) is 34.6 Å². The summed E-state index contributed by atoms with van der Waals surface area (Å²) in [5.74, 6) is -1.82. The van der Waals surface area contributed by atoms with Crippen molar-refractivity contribution in [3.63, 3.8) is 0 Å². The Bertz CT molecular complexity index is 1090. The van der Waals surface area contributed by atoms with E-state index in [9.17, 15) is 23.1 Å². The topological polar surface area (TPSA) is 122 Å². The van der Waals surface area contributed by atoms with Crippen molar-refractivity contribution in [2.24, 2.45) is 5.10 Å². The second kappa shape index (κ2) is 9.71. The van der Waals surface area contributed by atoms with Crippen LogP contribution in [0.25, 0.3) is 11.3 Å². The fourth-order valence-corrected chi connectivity index (χ4v) is 2.33. The first-order valence-corrected chi connectivity index (χ1v) is 8.73. The maximum absolute atomic E-state index is 13.7. The molecule has 0 bridgehead atoms. The average Bonchev–Trinajstić information content (AvgIpc) is 2.75. The van der Waals surface area contributed by atoms with E-state index in [1.165, 1.54) is 49.9 Å². The van der Waals surface area contributed by atoms with Gasteiger partial charge in [-0.3, -0.25) is 9.78 Å². The number of hydrogen-bond acceptors (Lipinski definition) is 8. The SMILES string of the molecule is CC(O)c1cnc(F)c(/C=N/NC(=O)c2cncc(-c3ccc(OC(F)F)nc3)n2)c1. The van der Waals surface area contributed by atoms with E-state index in [1.807, 2.05) is 0 Å². The third-order valence-corrected chi connectivity index (χ3v) is 3.85. The van der Waals surface area contributed by atoms with E-state index >= 15 is 0 Å². The molecular formula is C19H15F3N6O3. The number of hydrogen-bond donors (Lipinski definition) is 2. The van der Waals surface area contributed by atoms with Gasteiger partial charge in [-0.1, -0.05) is 0 Å². The van der Waals surface area contributed by atoms with Crippen LogP contribution in [0.5, 0.6) is 5.88 Å². The van der Waals surface area contributed by atoms with Crippen LogP contribution in [-0.4, -0.2) is 43.8 Å². The molecule has 3 rings (SSSR count). The molecule has 12 heteroatoms. The standard InChI is InChI=1S/C19H15F3N6O3/c1-10(29)12-4-13(17(20)25-6-12)7-26-28-18(30)15-9-23-8-14(27-15)11-2-3-16(24-5-11)31-19(21)22/h2-10,19,29H,1H3,(H,28,30)/b26-7+. The number of rotatable bonds is 7. The van der Waals surface area contributed by atoms with Gasteiger partial charge in [-0.2, -0.15) is 18.3 Å². The molecule has 0 spiro atoms. The molecule has 0 aliphatic rings. The second-order valence-corrected chi connectivity index (χ2v) is 6.08. The van der Waals surface area contributed by atoms with Gasteiger partial charge >= 0.3 is 6.61 Å². The normalized spacial score (nSPS) is 12.2. The molecule has 160 valence electrons. The number of nitrogens with one attached hydrogen (secondary N) is 1. The Labute approximate surface area is 173 Å². The number of carbonyl (C=O) groups is 1. The first kappa shape index (κ1) is 21.8. The van der Waals surface area contributed by atoms with Gasteiger partial charge in [-0.15, -0.1) is 0 Å². The zero-order valence-corrected chi connectivity index (χ0v) is 15.9. The van der Waals surface area contributed by atoms with Gasteiger partial charge in [0.25, 0.3) is 5.91 Å². The number of aliphatic hydroxyl groups excluding tert-OH is 1. The number of ether oxygens (including phenoxy) is 1. The average molecular weight is 432 g/mol. The first-order chi connectivity index (χ1) is 14.8. The molecule has 1 amide bonds. The number of halogens is 3. The van der Waals surface area contributed by atoms with E-state index in [4.69, 9.17) is 0 Å². The van der Waals surface area contributed by atoms with E-state index in [0.29, 0.717) is 11.1 Å². The van der Waals surface area contributed by atoms with Crippen LogP contribution in [0, 0.1) is 5.95 Å². The predicted octanol–water partition coefficient (Wildman–Crippen LogP) is 2.49. The summed E-state index contributed by atoms with van der Waals surface area (Å²) >= 11 is 0. The maximum Gasteiger partial charge on any atom is 0.388 e. The third-order valence-electron chi connectivity index (χ3n) is 3.85. The molecule has 0 aliphatic carbocycles. The van der Waals surface area contributed by atoms with Gasteiger partial charge in [0.15, 0.2) is 0 Å². The summed E-state index contributed by atoms with van der Waals surface area (Å²) in [7, 11) is 0. The van der Waals surface area contributed by atoms with Crippen molar-refractivity contribution in [1.29, 1.82) is 0 Å². The summed E-state index contributed by atoms with van der Waals surface area (Å²) in [6, 6.07) is 4.00. The van der Waals surface area contributed by atoms with Crippen LogP contribution in [0.3, 0.4) is 0 Å². The number of aliphatic hydroxyl groups is 1. The molecule has 0 aromatic carbocycles. The molecule has 0 fully saturated rings. The lowest BCUT2D eigenvalue weighted by Gasteiger charge is -2.06. The molecule has 9 nitrogen and oxygen atoms in total. The van der Waals surface area contributed by atoms with Crippen LogP contribution in [-0.2, 0) is 0 Å². The number of pyridine rings is 2. The maximum atomic E-state index is 13.7. The fraction of sp³-hybridized carbons (Fsp3) is 0.158. The number of hydrazone groups is 1. The monoisotopic (exact) mass is 432 g/mol. The van der Waals surface area contributed by atoms with E-state index in [0.717, 1.165) is 6.21 Å². The summed E-state index contributed by atoms with van der Waals surface area (Å²) in [6.07, 6.45) is 5.16. The van der Waals surface area contributed by atoms with Gasteiger partial charge < -0.3 is 9.84 Å². The molecule has 31 heavy (non-hydrogen) atoms. The van der Waals surface area contributed by atoms with Crippen LogP contribution in [0.4, 0.5) is 13.2 Å².